The highest BCUT2D eigenvalue weighted by Gasteiger charge is 2.19. The molecule has 1 aromatic carbocycles. The lowest BCUT2D eigenvalue weighted by Gasteiger charge is -2.22. The van der Waals surface area contributed by atoms with E-state index >= 15 is 0 Å². The lowest BCUT2D eigenvalue weighted by Crippen LogP contribution is -2.40. The van der Waals surface area contributed by atoms with Crippen LogP contribution < -0.4 is 10.6 Å². The van der Waals surface area contributed by atoms with Crippen LogP contribution in [0.3, 0.4) is 0 Å². The van der Waals surface area contributed by atoms with E-state index in [2.05, 4.69) is 10.6 Å². The Morgan fingerprint density at radius 3 is 2.29 bits per heavy atom. The number of anilines is 1. The number of rotatable bonds is 2. The van der Waals surface area contributed by atoms with Gasteiger partial charge in [-0.1, -0.05) is 23.2 Å². The van der Waals surface area contributed by atoms with Crippen LogP contribution in [0, 0.1) is 0 Å². The molecule has 2 N–H and O–H groups in total. The number of hydrogen-bond donors (Lipinski definition) is 2. The van der Waals surface area contributed by atoms with Crippen molar-refractivity contribution >= 4 is 34.8 Å². The van der Waals surface area contributed by atoms with Gasteiger partial charge in [0.05, 0.1) is 16.3 Å². The minimum Gasteiger partial charge on any atom is -0.386 e. The first kappa shape index (κ1) is 14.1. The van der Waals surface area contributed by atoms with Crippen LogP contribution >= 0.6 is 23.2 Å². The van der Waals surface area contributed by atoms with Crippen LogP contribution in [0.15, 0.2) is 12.1 Å². The molecule has 1 amide bonds. The summed E-state index contributed by atoms with van der Waals surface area (Å²) in [4.78, 5) is 12.1. The molecular weight excluding hydrogens is 259 g/mol. The predicted octanol–water partition coefficient (Wildman–Crippen LogP) is 3.56. The summed E-state index contributed by atoms with van der Waals surface area (Å²) in [5.74, 6) is -0.203. The molecule has 3 nitrogen and oxygen atoms in total. The second-order valence-corrected chi connectivity index (χ2v) is 5.61. The van der Waals surface area contributed by atoms with E-state index in [1.54, 1.807) is 19.2 Å². The van der Waals surface area contributed by atoms with Crippen molar-refractivity contribution in [2.75, 3.05) is 12.4 Å². The number of nitrogens with one attached hydrogen (secondary N) is 2. The first-order valence-electron chi connectivity index (χ1n) is 5.24. The van der Waals surface area contributed by atoms with Crippen LogP contribution in [0.25, 0.3) is 0 Å². The molecule has 0 heterocycles. The van der Waals surface area contributed by atoms with E-state index in [1.807, 2.05) is 20.8 Å². The normalized spacial score (nSPS) is 11.2. The van der Waals surface area contributed by atoms with Crippen LogP contribution in [-0.4, -0.2) is 18.5 Å². The molecule has 5 heteroatoms. The topological polar surface area (TPSA) is 41.1 Å². The van der Waals surface area contributed by atoms with E-state index in [-0.39, 0.29) is 11.4 Å². The van der Waals surface area contributed by atoms with E-state index in [0.29, 0.717) is 21.3 Å². The molecule has 0 radical (unpaired) electrons. The van der Waals surface area contributed by atoms with Crippen LogP contribution in [-0.2, 0) is 0 Å². The van der Waals surface area contributed by atoms with Gasteiger partial charge in [0, 0.05) is 17.6 Å². The number of carbonyl (C=O) groups excluding carboxylic acids is 1. The van der Waals surface area contributed by atoms with Gasteiger partial charge >= 0.3 is 0 Å². The van der Waals surface area contributed by atoms with Gasteiger partial charge in [0.25, 0.3) is 5.91 Å². The van der Waals surface area contributed by atoms with Gasteiger partial charge in [-0.3, -0.25) is 4.79 Å². The third-order valence-electron chi connectivity index (χ3n) is 2.04. The summed E-state index contributed by atoms with van der Waals surface area (Å²) in [6, 6.07) is 3.20. The number of hydrogen-bond acceptors (Lipinski definition) is 2. The van der Waals surface area contributed by atoms with Crippen LogP contribution in [0.1, 0.15) is 31.1 Å². The quantitative estimate of drug-likeness (QED) is 0.866. The second-order valence-electron chi connectivity index (χ2n) is 4.76. The lowest BCUT2D eigenvalue weighted by molar-refractivity contribution is 0.0920. The molecule has 0 aliphatic heterocycles. The minimum atomic E-state index is -0.309. The summed E-state index contributed by atoms with van der Waals surface area (Å²) in [5, 5.41) is 6.64. The van der Waals surface area contributed by atoms with Gasteiger partial charge in [0.1, 0.15) is 0 Å². The molecule has 0 fully saturated rings. The monoisotopic (exact) mass is 274 g/mol. The maximum absolute atomic E-state index is 12.1. The minimum absolute atomic E-state index is 0.203. The molecule has 0 bridgehead atoms. The molecule has 0 atom stereocenters. The SMILES string of the molecule is CNc1c(Cl)cc(Cl)cc1C(=O)NC(C)(C)C. The molecule has 17 heavy (non-hydrogen) atoms. The molecule has 0 unspecified atom stereocenters. The lowest BCUT2D eigenvalue weighted by atomic mass is 10.1. The number of amides is 1. The van der Waals surface area contributed by atoms with Gasteiger partial charge in [-0.2, -0.15) is 0 Å². The van der Waals surface area contributed by atoms with E-state index in [1.165, 1.54) is 0 Å². The summed E-state index contributed by atoms with van der Waals surface area (Å²) in [5.41, 5.74) is 0.717. The predicted molar refractivity (Wildman–Crippen MR) is 73.2 cm³/mol. The van der Waals surface area contributed by atoms with Crippen LogP contribution in [0.5, 0.6) is 0 Å². The van der Waals surface area contributed by atoms with Gasteiger partial charge in [-0.05, 0) is 32.9 Å². The van der Waals surface area contributed by atoms with Crippen molar-refractivity contribution in [1.82, 2.24) is 5.32 Å². The maximum Gasteiger partial charge on any atom is 0.253 e. The number of carbonyl (C=O) groups is 1. The van der Waals surface area contributed by atoms with Gasteiger partial charge < -0.3 is 10.6 Å². The van der Waals surface area contributed by atoms with Crippen molar-refractivity contribution in [3.05, 3.63) is 27.7 Å². The van der Waals surface area contributed by atoms with Gasteiger partial charge in [-0.25, -0.2) is 0 Å². The van der Waals surface area contributed by atoms with Gasteiger partial charge in [0.15, 0.2) is 0 Å². The summed E-state index contributed by atoms with van der Waals surface area (Å²) in [6.45, 7) is 5.74. The third-order valence-corrected chi connectivity index (χ3v) is 2.55. The van der Waals surface area contributed by atoms with E-state index in [9.17, 15) is 4.79 Å². The molecule has 0 saturated heterocycles. The van der Waals surface area contributed by atoms with Crippen molar-refractivity contribution < 1.29 is 4.79 Å². The molecule has 0 saturated carbocycles. The summed E-state index contributed by atoms with van der Waals surface area (Å²) in [6.07, 6.45) is 0. The number of benzene rings is 1. The van der Waals surface area contributed by atoms with Crippen molar-refractivity contribution in [2.45, 2.75) is 26.3 Å². The maximum atomic E-state index is 12.1. The fourth-order valence-corrected chi connectivity index (χ4v) is 2.00. The summed E-state index contributed by atoms with van der Waals surface area (Å²) >= 11 is 11.9. The fourth-order valence-electron chi connectivity index (χ4n) is 1.41. The highest BCUT2D eigenvalue weighted by Crippen LogP contribution is 2.30. The average molecular weight is 275 g/mol. The Bertz CT molecular complexity index is 439. The van der Waals surface area contributed by atoms with E-state index < -0.39 is 0 Å². The first-order chi connectivity index (χ1) is 7.74. The zero-order chi connectivity index (χ0) is 13.2. The largest absolute Gasteiger partial charge is 0.386 e. The van der Waals surface area contributed by atoms with Crippen molar-refractivity contribution in [2.24, 2.45) is 0 Å². The summed E-state index contributed by atoms with van der Waals surface area (Å²) < 4.78 is 0. The Kier molecular flexibility index (Phi) is 4.28. The highest BCUT2D eigenvalue weighted by atomic mass is 35.5. The molecule has 0 aliphatic rings. The molecule has 0 aromatic heterocycles. The van der Waals surface area contributed by atoms with Gasteiger partial charge in [-0.15, -0.1) is 0 Å². The van der Waals surface area contributed by atoms with E-state index in [4.69, 9.17) is 23.2 Å². The number of halogens is 2. The molecule has 0 spiro atoms. The molecular formula is C12H16Cl2N2O. The third kappa shape index (κ3) is 3.79. The first-order valence-corrected chi connectivity index (χ1v) is 5.99. The Morgan fingerprint density at radius 2 is 1.82 bits per heavy atom. The van der Waals surface area contributed by atoms with E-state index in [0.717, 1.165) is 0 Å². The fraction of sp³-hybridized carbons (Fsp3) is 0.417. The molecule has 0 aliphatic carbocycles. The molecule has 1 rings (SSSR count). The Morgan fingerprint density at radius 1 is 1.24 bits per heavy atom. The van der Waals surface area contributed by atoms with Crippen molar-refractivity contribution in [1.29, 1.82) is 0 Å². The van der Waals surface area contributed by atoms with Crippen LogP contribution in [0.4, 0.5) is 5.69 Å². The molecule has 94 valence electrons. The zero-order valence-corrected chi connectivity index (χ0v) is 11.8. The molecule has 1 aromatic rings. The van der Waals surface area contributed by atoms with Crippen molar-refractivity contribution in [3.63, 3.8) is 0 Å². The second kappa shape index (κ2) is 5.15. The summed E-state index contributed by atoms with van der Waals surface area (Å²) in [7, 11) is 1.71. The average Bonchev–Trinajstić information content (AvgIpc) is 2.13. The van der Waals surface area contributed by atoms with Crippen LogP contribution in [0.2, 0.25) is 10.0 Å². The Balaban J connectivity index is 3.16. The van der Waals surface area contributed by atoms with Gasteiger partial charge in [0.2, 0.25) is 0 Å². The smallest absolute Gasteiger partial charge is 0.253 e. The highest BCUT2D eigenvalue weighted by molar-refractivity contribution is 6.37. The standard InChI is InChI=1S/C12H16Cl2N2O/c1-12(2,3)16-11(17)8-5-7(13)6-9(14)10(8)15-4/h5-6,15H,1-4H3,(H,16,17). The Labute approximate surface area is 111 Å². The zero-order valence-electron chi connectivity index (χ0n) is 10.3. The Hall–Kier alpha value is -0.930. The van der Waals surface area contributed by atoms with Crippen molar-refractivity contribution in [3.8, 4) is 0 Å².